The van der Waals surface area contributed by atoms with E-state index in [2.05, 4.69) is 45.9 Å². The molecule has 132 valence electrons. The first-order chi connectivity index (χ1) is 11.9. The highest BCUT2D eigenvalue weighted by Gasteiger charge is 2.61. The number of ether oxygens (including phenoxy) is 1. The average molecular weight is 338 g/mol. The number of rotatable bonds is 6. The molecule has 1 aromatic heterocycles. The smallest absolute Gasteiger partial charge is 0.310 e. The second-order valence-corrected chi connectivity index (χ2v) is 7.71. The number of carbonyl (C=O) groups excluding carboxylic acids is 1. The van der Waals surface area contributed by atoms with Crippen LogP contribution in [0.1, 0.15) is 44.8 Å². The van der Waals surface area contributed by atoms with Crippen LogP contribution in [0.25, 0.3) is 0 Å². The molecule has 2 aromatic rings. The SMILES string of the molecule is CC(C)=C[C@@H]1[C@H](C(=O)OCc2ccc(Cc3ccccc3)o2)C1(C)C. The monoisotopic (exact) mass is 338 g/mol. The lowest BCUT2D eigenvalue weighted by Gasteiger charge is -2.04. The van der Waals surface area contributed by atoms with Gasteiger partial charge in [0.25, 0.3) is 0 Å². The third kappa shape index (κ3) is 4.04. The third-order valence-corrected chi connectivity index (χ3v) is 4.97. The van der Waals surface area contributed by atoms with Crippen molar-refractivity contribution in [2.24, 2.45) is 17.3 Å². The van der Waals surface area contributed by atoms with Gasteiger partial charge in [-0.25, -0.2) is 0 Å². The summed E-state index contributed by atoms with van der Waals surface area (Å²) in [6, 6.07) is 14.0. The van der Waals surface area contributed by atoms with E-state index >= 15 is 0 Å². The Morgan fingerprint density at radius 3 is 2.48 bits per heavy atom. The Bertz CT molecular complexity index is 764. The summed E-state index contributed by atoms with van der Waals surface area (Å²) in [7, 11) is 0. The van der Waals surface area contributed by atoms with Crippen LogP contribution in [0.2, 0.25) is 0 Å². The van der Waals surface area contributed by atoms with Crippen molar-refractivity contribution in [2.45, 2.75) is 40.7 Å². The molecule has 0 bridgehead atoms. The summed E-state index contributed by atoms with van der Waals surface area (Å²) in [6.07, 6.45) is 2.92. The van der Waals surface area contributed by atoms with Crippen LogP contribution in [0.15, 0.2) is 58.5 Å². The molecule has 1 aliphatic rings. The highest BCUT2D eigenvalue weighted by Crippen LogP contribution is 2.59. The largest absolute Gasteiger partial charge is 0.462 e. The van der Waals surface area contributed by atoms with Crippen molar-refractivity contribution in [2.75, 3.05) is 0 Å². The molecule has 0 saturated heterocycles. The van der Waals surface area contributed by atoms with Crippen molar-refractivity contribution < 1.29 is 13.9 Å². The maximum Gasteiger partial charge on any atom is 0.310 e. The minimum Gasteiger partial charge on any atom is -0.462 e. The van der Waals surface area contributed by atoms with Gasteiger partial charge in [-0.05, 0) is 42.9 Å². The van der Waals surface area contributed by atoms with Gasteiger partial charge in [-0.1, -0.05) is 55.8 Å². The molecule has 1 aliphatic carbocycles. The topological polar surface area (TPSA) is 39.4 Å². The molecule has 1 heterocycles. The lowest BCUT2D eigenvalue weighted by Crippen LogP contribution is -2.10. The molecule has 0 amide bonds. The quantitative estimate of drug-likeness (QED) is 0.540. The van der Waals surface area contributed by atoms with Crippen LogP contribution in [0.3, 0.4) is 0 Å². The number of hydrogen-bond acceptors (Lipinski definition) is 3. The van der Waals surface area contributed by atoms with E-state index in [-0.39, 0.29) is 29.8 Å². The fourth-order valence-corrected chi connectivity index (χ4v) is 3.42. The van der Waals surface area contributed by atoms with Crippen molar-refractivity contribution in [1.82, 2.24) is 0 Å². The Morgan fingerprint density at radius 2 is 1.80 bits per heavy atom. The molecule has 3 rings (SSSR count). The summed E-state index contributed by atoms with van der Waals surface area (Å²) in [5.41, 5.74) is 2.42. The zero-order chi connectivity index (χ0) is 18.0. The van der Waals surface area contributed by atoms with Crippen LogP contribution in [0, 0.1) is 17.3 Å². The van der Waals surface area contributed by atoms with Crippen molar-refractivity contribution in [3.8, 4) is 0 Å². The van der Waals surface area contributed by atoms with Crippen LogP contribution in [-0.2, 0) is 22.6 Å². The van der Waals surface area contributed by atoms with Crippen LogP contribution < -0.4 is 0 Å². The van der Waals surface area contributed by atoms with E-state index in [1.165, 1.54) is 11.1 Å². The first kappa shape index (κ1) is 17.5. The molecule has 3 heteroatoms. The lowest BCUT2D eigenvalue weighted by atomic mass is 10.1. The third-order valence-electron chi connectivity index (χ3n) is 4.97. The van der Waals surface area contributed by atoms with Gasteiger partial charge in [0.15, 0.2) is 0 Å². The van der Waals surface area contributed by atoms with Crippen molar-refractivity contribution in [1.29, 1.82) is 0 Å². The maximum absolute atomic E-state index is 12.4. The maximum atomic E-state index is 12.4. The summed E-state index contributed by atoms with van der Waals surface area (Å²) >= 11 is 0. The standard InChI is InChI=1S/C22H26O3/c1-15(2)12-19-20(22(19,3)4)21(23)24-14-18-11-10-17(25-18)13-16-8-6-5-7-9-16/h5-12,19-20H,13-14H2,1-4H3/t19-,20-/m1/s1. The number of esters is 1. The lowest BCUT2D eigenvalue weighted by molar-refractivity contribution is -0.148. The Labute approximate surface area is 149 Å². The molecule has 1 saturated carbocycles. The van der Waals surface area contributed by atoms with Gasteiger partial charge < -0.3 is 9.15 Å². The van der Waals surface area contributed by atoms with Crippen molar-refractivity contribution >= 4 is 5.97 Å². The number of benzene rings is 1. The molecule has 0 N–H and O–H groups in total. The molecule has 2 atom stereocenters. The number of hydrogen-bond donors (Lipinski definition) is 0. The minimum absolute atomic E-state index is 0.0179. The molecule has 1 fully saturated rings. The van der Waals surface area contributed by atoms with Crippen LogP contribution in [-0.4, -0.2) is 5.97 Å². The Morgan fingerprint density at radius 1 is 1.12 bits per heavy atom. The first-order valence-electron chi connectivity index (χ1n) is 8.81. The average Bonchev–Trinajstić information content (AvgIpc) is 2.90. The van der Waals surface area contributed by atoms with E-state index in [0.29, 0.717) is 5.76 Å². The molecule has 0 aliphatic heterocycles. The number of carbonyl (C=O) groups is 1. The van der Waals surface area contributed by atoms with E-state index in [9.17, 15) is 4.79 Å². The second kappa shape index (κ2) is 6.91. The van der Waals surface area contributed by atoms with Gasteiger partial charge in [-0.3, -0.25) is 4.79 Å². The minimum atomic E-state index is -0.131. The molecular weight excluding hydrogens is 312 g/mol. The fraction of sp³-hybridized carbons (Fsp3) is 0.409. The molecular formula is C22H26O3. The summed E-state index contributed by atoms with van der Waals surface area (Å²) in [4.78, 5) is 12.4. The highest BCUT2D eigenvalue weighted by atomic mass is 16.5. The van der Waals surface area contributed by atoms with Crippen LogP contribution in [0.4, 0.5) is 0 Å². The summed E-state index contributed by atoms with van der Waals surface area (Å²) < 4.78 is 11.3. The summed E-state index contributed by atoms with van der Waals surface area (Å²) in [5.74, 6) is 1.66. The molecule has 0 radical (unpaired) electrons. The Hall–Kier alpha value is -2.29. The van der Waals surface area contributed by atoms with E-state index < -0.39 is 0 Å². The van der Waals surface area contributed by atoms with Crippen LogP contribution in [0.5, 0.6) is 0 Å². The molecule has 3 nitrogen and oxygen atoms in total. The van der Waals surface area contributed by atoms with E-state index in [1.807, 2.05) is 30.3 Å². The normalized spacial score (nSPS) is 20.8. The second-order valence-electron chi connectivity index (χ2n) is 7.71. The van der Waals surface area contributed by atoms with Gasteiger partial charge in [0.05, 0.1) is 5.92 Å². The Balaban J connectivity index is 1.54. The zero-order valence-electron chi connectivity index (χ0n) is 15.4. The van der Waals surface area contributed by atoms with Crippen molar-refractivity contribution in [3.05, 3.63) is 71.2 Å². The Kier molecular flexibility index (Phi) is 4.85. The van der Waals surface area contributed by atoms with Gasteiger partial charge in [0.2, 0.25) is 0 Å². The summed E-state index contributed by atoms with van der Waals surface area (Å²) in [5, 5.41) is 0. The predicted octanol–water partition coefficient (Wildman–Crippen LogP) is 5.15. The van der Waals surface area contributed by atoms with Gasteiger partial charge in [0, 0.05) is 6.42 Å². The number of furan rings is 1. The highest BCUT2D eigenvalue weighted by molar-refractivity contribution is 5.78. The van der Waals surface area contributed by atoms with Gasteiger partial charge in [-0.2, -0.15) is 0 Å². The van der Waals surface area contributed by atoms with Gasteiger partial charge >= 0.3 is 5.97 Å². The number of allylic oxidation sites excluding steroid dienone is 2. The van der Waals surface area contributed by atoms with Gasteiger partial charge in [0.1, 0.15) is 18.1 Å². The predicted molar refractivity (Wildman–Crippen MR) is 97.9 cm³/mol. The van der Waals surface area contributed by atoms with E-state index in [0.717, 1.165) is 12.2 Å². The van der Waals surface area contributed by atoms with Crippen molar-refractivity contribution in [3.63, 3.8) is 0 Å². The summed E-state index contributed by atoms with van der Waals surface area (Å²) in [6.45, 7) is 8.56. The molecule has 0 spiro atoms. The zero-order valence-corrected chi connectivity index (χ0v) is 15.4. The molecule has 0 unspecified atom stereocenters. The fourth-order valence-electron chi connectivity index (χ4n) is 3.42. The molecule has 25 heavy (non-hydrogen) atoms. The molecule has 1 aromatic carbocycles. The van der Waals surface area contributed by atoms with Gasteiger partial charge in [-0.15, -0.1) is 0 Å². The van der Waals surface area contributed by atoms with E-state index in [1.54, 1.807) is 0 Å². The van der Waals surface area contributed by atoms with Crippen LogP contribution >= 0.6 is 0 Å². The van der Waals surface area contributed by atoms with E-state index in [4.69, 9.17) is 9.15 Å². The first-order valence-corrected chi connectivity index (χ1v) is 8.81.